The molecule has 0 spiro atoms. The van der Waals surface area contributed by atoms with E-state index in [1.807, 2.05) is 18.2 Å². The zero-order valence-electron chi connectivity index (χ0n) is 13.8. The maximum Gasteiger partial charge on any atom is 0.146 e. The van der Waals surface area contributed by atoms with Crippen molar-refractivity contribution >= 4 is 17.3 Å². The molecule has 128 valence electrons. The van der Waals surface area contributed by atoms with Crippen LogP contribution in [0.25, 0.3) is 0 Å². The summed E-state index contributed by atoms with van der Waals surface area (Å²) in [6.45, 7) is 4.44. The van der Waals surface area contributed by atoms with E-state index >= 15 is 0 Å². The highest BCUT2D eigenvalue weighted by Gasteiger charge is 2.20. The first-order valence-corrected chi connectivity index (χ1v) is 8.07. The number of hydrogen-bond acceptors (Lipinski definition) is 6. The predicted molar refractivity (Wildman–Crippen MR) is 93.2 cm³/mol. The van der Waals surface area contributed by atoms with Gasteiger partial charge in [-0.15, -0.1) is 0 Å². The molecule has 0 radical (unpaired) electrons. The molecule has 1 aliphatic rings. The van der Waals surface area contributed by atoms with Gasteiger partial charge in [0.15, 0.2) is 0 Å². The maximum absolute atomic E-state index is 13.9. The largest absolute Gasteiger partial charge is 0.383 e. The zero-order valence-corrected chi connectivity index (χ0v) is 13.8. The molecule has 0 amide bonds. The molecule has 1 aliphatic heterocycles. The second-order valence-corrected chi connectivity index (χ2v) is 5.61. The Balaban J connectivity index is 1.60. The summed E-state index contributed by atoms with van der Waals surface area (Å²) in [6, 6.07) is 8.85. The lowest BCUT2D eigenvalue weighted by Crippen LogP contribution is -2.47. The Bertz CT molecular complexity index is 661. The van der Waals surface area contributed by atoms with Gasteiger partial charge in [0, 0.05) is 45.9 Å². The number of rotatable bonds is 6. The van der Waals surface area contributed by atoms with Crippen molar-refractivity contribution < 1.29 is 9.13 Å². The summed E-state index contributed by atoms with van der Waals surface area (Å²) >= 11 is 0. The SMILES string of the molecule is COCCNc1cc(N2CCN(c3ccccc3F)CC2)ncn1. The number of methoxy groups -OCH3 is 1. The number of para-hydroxylation sites is 1. The van der Waals surface area contributed by atoms with Crippen molar-refractivity contribution in [1.82, 2.24) is 9.97 Å². The van der Waals surface area contributed by atoms with Crippen LogP contribution in [0, 0.1) is 5.82 Å². The molecule has 2 heterocycles. The van der Waals surface area contributed by atoms with Crippen LogP contribution in [0.1, 0.15) is 0 Å². The minimum absolute atomic E-state index is 0.169. The van der Waals surface area contributed by atoms with Crippen molar-refractivity contribution in [2.24, 2.45) is 0 Å². The van der Waals surface area contributed by atoms with Crippen molar-refractivity contribution in [3.05, 3.63) is 42.5 Å². The minimum Gasteiger partial charge on any atom is -0.383 e. The van der Waals surface area contributed by atoms with Crippen LogP contribution in [0.15, 0.2) is 36.7 Å². The molecule has 24 heavy (non-hydrogen) atoms. The highest BCUT2D eigenvalue weighted by atomic mass is 19.1. The number of nitrogens with one attached hydrogen (secondary N) is 1. The van der Waals surface area contributed by atoms with E-state index in [1.54, 1.807) is 19.5 Å². The summed E-state index contributed by atoms with van der Waals surface area (Å²) in [6.07, 6.45) is 1.56. The van der Waals surface area contributed by atoms with Crippen LogP contribution in [0.2, 0.25) is 0 Å². The number of nitrogens with zero attached hydrogens (tertiary/aromatic N) is 4. The fraction of sp³-hybridized carbons (Fsp3) is 0.412. The van der Waals surface area contributed by atoms with E-state index in [9.17, 15) is 4.39 Å². The van der Waals surface area contributed by atoms with Crippen LogP contribution >= 0.6 is 0 Å². The van der Waals surface area contributed by atoms with E-state index < -0.39 is 0 Å². The summed E-state index contributed by atoms with van der Waals surface area (Å²) in [4.78, 5) is 12.8. The van der Waals surface area contributed by atoms with E-state index in [0.29, 0.717) is 18.8 Å². The molecule has 0 unspecified atom stereocenters. The molecule has 0 atom stereocenters. The van der Waals surface area contributed by atoms with Crippen molar-refractivity contribution in [2.45, 2.75) is 0 Å². The smallest absolute Gasteiger partial charge is 0.146 e. The molecule has 0 bridgehead atoms. The number of ether oxygens (including phenoxy) is 1. The number of piperazine rings is 1. The molecule has 1 saturated heterocycles. The third-order valence-corrected chi connectivity index (χ3v) is 4.06. The van der Waals surface area contributed by atoms with Gasteiger partial charge in [0.05, 0.1) is 12.3 Å². The van der Waals surface area contributed by atoms with Gasteiger partial charge in [-0.2, -0.15) is 0 Å². The predicted octanol–water partition coefficient (Wildman–Crippen LogP) is 2.00. The van der Waals surface area contributed by atoms with Crippen LogP contribution in [0.5, 0.6) is 0 Å². The molecule has 1 fully saturated rings. The maximum atomic E-state index is 13.9. The molecule has 1 N–H and O–H groups in total. The Hall–Kier alpha value is -2.41. The number of halogens is 1. The van der Waals surface area contributed by atoms with E-state index in [1.165, 1.54) is 6.07 Å². The second kappa shape index (κ2) is 7.92. The monoisotopic (exact) mass is 331 g/mol. The Morgan fingerprint density at radius 3 is 2.62 bits per heavy atom. The molecular formula is C17H22FN5O. The molecule has 7 heteroatoms. The van der Waals surface area contributed by atoms with Crippen molar-refractivity contribution in [3.8, 4) is 0 Å². The third kappa shape index (κ3) is 3.91. The van der Waals surface area contributed by atoms with Gasteiger partial charge in [0.1, 0.15) is 23.8 Å². The van der Waals surface area contributed by atoms with Gasteiger partial charge in [-0.05, 0) is 12.1 Å². The standard InChI is InChI=1S/C17H22FN5O/c1-24-11-6-19-16-12-17(21-13-20-16)23-9-7-22(8-10-23)15-5-3-2-4-14(15)18/h2-5,12-13H,6-11H2,1H3,(H,19,20,21). The Morgan fingerprint density at radius 2 is 1.88 bits per heavy atom. The Kier molecular flexibility index (Phi) is 5.43. The topological polar surface area (TPSA) is 53.5 Å². The Morgan fingerprint density at radius 1 is 1.12 bits per heavy atom. The van der Waals surface area contributed by atoms with Crippen molar-refractivity contribution in [1.29, 1.82) is 0 Å². The first-order valence-electron chi connectivity index (χ1n) is 8.07. The van der Waals surface area contributed by atoms with Crippen LogP contribution in [0.3, 0.4) is 0 Å². The first-order chi connectivity index (χ1) is 11.8. The summed E-state index contributed by atoms with van der Waals surface area (Å²) in [5, 5.41) is 3.20. The molecule has 1 aromatic heterocycles. The number of hydrogen-bond donors (Lipinski definition) is 1. The third-order valence-electron chi connectivity index (χ3n) is 4.06. The van der Waals surface area contributed by atoms with Gasteiger partial charge in [0.2, 0.25) is 0 Å². The molecule has 6 nitrogen and oxygen atoms in total. The molecule has 1 aromatic carbocycles. The lowest BCUT2D eigenvalue weighted by Gasteiger charge is -2.36. The van der Waals surface area contributed by atoms with E-state index in [-0.39, 0.29) is 5.82 Å². The van der Waals surface area contributed by atoms with E-state index in [0.717, 1.165) is 37.8 Å². The fourth-order valence-electron chi connectivity index (χ4n) is 2.78. The normalized spacial score (nSPS) is 14.8. The number of aromatic nitrogens is 2. The fourth-order valence-corrected chi connectivity index (χ4v) is 2.78. The van der Waals surface area contributed by atoms with E-state index in [2.05, 4.69) is 25.1 Å². The van der Waals surface area contributed by atoms with Gasteiger partial charge in [-0.3, -0.25) is 0 Å². The van der Waals surface area contributed by atoms with Crippen LogP contribution in [0.4, 0.5) is 21.7 Å². The zero-order chi connectivity index (χ0) is 16.8. The Labute approximate surface area is 141 Å². The average molecular weight is 331 g/mol. The number of anilines is 3. The van der Waals surface area contributed by atoms with Crippen LogP contribution in [-0.4, -0.2) is 56.4 Å². The molecule has 3 rings (SSSR count). The minimum atomic E-state index is -0.169. The number of benzene rings is 1. The van der Waals surface area contributed by atoms with Crippen molar-refractivity contribution in [2.75, 3.05) is 61.6 Å². The molecule has 2 aromatic rings. The van der Waals surface area contributed by atoms with Crippen LogP contribution < -0.4 is 15.1 Å². The first kappa shape index (κ1) is 16.4. The second-order valence-electron chi connectivity index (χ2n) is 5.61. The lowest BCUT2D eigenvalue weighted by molar-refractivity contribution is 0.210. The molecule has 0 saturated carbocycles. The summed E-state index contributed by atoms with van der Waals surface area (Å²) < 4.78 is 18.9. The van der Waals surface area contributed by atoms with Crippen molar-refractivity contribution in [3.63, 3.8) is 0 Å². The van der Waals surface area contributed by atoms with Gasteiger partial charge >= 0.3 is 0 Å². The van der Waals surface area contributed by atoms with Gasteiger partial charge in [0.25, 0.3) is 0 Å². The molecule has 0 aliphatic carbocycles. The van der Waals surface area contributed by atoms with Crippen LogP contribution in [-0.2, 0) is 4.74 Å². The van der Waals surface area contributed by atoms with E-state index in [4.69, 9.17) is 4.74 Å². The summed E-state index contributed by atoms with van der Waals surface area (Å²) in [5.74, 6) is 1.50. The molecular weight excluding hydrogens is 309 g/mol. The lowest BCUT2D eigenvalue weighted by atomic mass is 10.2. The highest BCUT2D eigenvalue weighted by molar-refractivity contribution is 5.52. The quantitative estimate of drug-likeness (QED) is 0.817. The van der Waals surface area contributed by atoms with Gasteiger partial charge < -0.3 is 19.9 Å². The average Bonchev–Trinajstić information content (AvgIpc) is 2.63. The van der Waals surface area contributed by atoms with Gasteiger partial charge in [-0.25, -0.2) is 14.4 Å². The van der Waals surface area contributed by atoms with Gasteiger partial charge in [-0.1, -0.05) is 12.1 Å². The highest BCUT2D eigenvalue weighted by Crippen LogP contribution is 2.22. The summed E-state index contributed by atoms with van der Waals surface area (Å²) in [5.41, 5.74) is 0.668. The summed E-state index contributed by atoms with van der Waals surface area (Å²) in [7, 11) is 1.67.